The van der Waals surface area contributed by atoms with Gasteiger partial charge in [-0.2, -0.15) is 8.78 Å². The Hall–Kier alpha value is -2.70. The van der Waals surface area contributed by atoms with Crippen LogP contribution in [0.4, 0.5) is 8.78 Å². The van der Waals surface area contributed by atoms with Gasteiger partial charge in [0.25, 0.3) is 5.91 Å². The molecule has 1 fully saturated rings. The zero-order valence-electron chi connectivity index (χ0n) is 14.6. The van der Waals surface area contributed by atoms with Crippen LogP contribution in [0.15, 0.2) is 36.5 Å². The molecule has 0 spiro atoms. The molecule has 138 valence electrons. The lowest BCUT2D eigenvalue weighted by Gasteiger charge is -2.23. The molecule has 2 aromatic rings. The summed E-state index contributed by atoms with van der Waals surface area (Å²) in [4.78, 5) is 18.8. The van der Waals surface area contributed by atoms with Crippen LogP contribution < -0.4 is 9.47 Å². The van der Waals surface area contributed by atoms with Gasteiger partial charge in [0, 0.05) is 24.5 Å². The number of benzene rings is 1. The lowest BCUT2D eigenvalue weighted by Crippen LogP contribution is -2.32. The molecule has 1 amide bonds. The van der Waals surface area contributed by atoms with E-state index in [1.54, 1.807) is 35.4 Å². The van der Waals surface area contributed by atoms with Crippen LogP contribution in [0.1, 0.15) is 34.5 Å². The lowest BCUT2D eigenvalue weighted by molar-refractivity contribution is -0.0512. The van der Waals surface area contributed by atoms with E-state index in [1.165, 1.54) is 13.2 Å². The first-order valence-electron chi connectivity index (χ1n) is 8.33. The average molecular weight is 362 g/mol. The standard InChI is InChI=1S/C19H20F2N2O3/c1-12-3-5-14(10-22-12)18(24)23(15-6-7-15)11-13-4-8-16(26-19(20)21)17(9-13)25-2/h3-5,8-10,15,19H,6-7,11H2,1-2H3. The number of nitrogens with zero attached hydrogens (tertiary/aromatic N) is 2. The second kappa shape index (κ2) is 7.68. The molecule has 1 aromatic carbocycles. The van der Waals surface area contributed by atoms with Gasteiger partial charge in [0.2, 0.25) is 0 Å². The molecule has 3 rings (SSSR count). The summed E-state index contributed by atoms with van der Waals surface area (Å²) in [5, 5.41) is 0. The second-order valence-electron chi connectivity index (χ2n) is 6.22. The molecule has 0 unspecified atom stereocenters. The van der Waals surface area contributed by atoms with Crippen molar-refractivity contribution in [2.45, 2.75) is 39.0 Å². The highest BCUT2D eigenvalue weighted by molar-refractivity contribution is 5.94. The predicted molar refractivity (Wildman–Crippen MR) is 91.5 cm³/mol. The minimum absolute atomic E-state index is 0.0294. The topological polar surface area (TPSA) is 51.7 Å². The number of rotatable bonds is 7. The molecule has 1 aliphatic carbocycles. The van der Waals surface area contributed by atoms with E-state index in [2.05, 4.69) is 9.72 Å². The lowest BCUT2D eigenvalue weighted by atomic mass is 10.1. The van der Waals surface area contributed by atoms with Gasteiger partial charge in [-0.15, -0.1) is 0 Å². The quantitative estimate of drug-likeness (QED) is 0.752. The van der Waals surface area contributed by atoms with Gasteiger partial charge in [0.15, 0.2) is 11.5 Å². The average Bonchev–Trinajstić information content (AvgIpc) is 3.45. The summed E-state index contributed by atoms with van der Waals surface area (Å²) >= 11 is 0. The molecule has 1 aromatic heterocycles. The Labute approximate surface area is 150 Å². The number of carbonyl (C=O) groups is 1. The number of aromatic nitrogens is 1. The van der Waals surface area contributed by atoms with Gasteiger partial charge in [0.1, 0.15) is 0 Å². The summed E-state index contributed by atoms with van der Waals surface area (Å²) in [6.07, 6.45) is 3.48. The second-order valence-corrected chi connectivity index (χ2v) is 6.22. The van der Waals surface area contributed by atoms with Crippen molar-refractivity contribution in [3.05, 3.63) is 53.3 Å². The molecule has 7 heteroatoms. The molecule has 26 heavy (non-hydrogen) atoms. The zero-order valence-corrected chi connectivity index (χ0v) is 14.6. The van der Waals surface area contributed by atoms with Crippen molar-refractivity contribution in [1.29, 1.82) is 0 Å². The summed E-state index contributed by atoms with van der Waals surface area (Å²) < 4.78 is 34.5. The smallest absolute Gasteiger partial charge is 0.387 e. The van der Waals surface area contributed by atoms with Crippen molar-refractivity contribution in [2.75, 3.05) is 7.11 Å². The summed E-state index contributed by atoms with van der Waals surface area (Å²) in [6, 6.07) is 8.47. The molecular formula is C19H20F2N2O3. The van der Waals surface area contributed by atoms with Crippen LogP contribution in [0, 0.1) is 6.92 Å². The first-order valence-corrected chi connectivity index (χ1v) is 8.33. The van der Waals surface area contributed by atoms with Gasteiger partial charge in [-0.05, 0) is 49.6 Å². The van der Waals surface area contributed by atoms with Crippen molar-refractivity contribution >= 4 is 5.91 Å². The van der Waals surface area contributed by atoms with Crippen molar-refractivity contribution in [2.24, 2.45) is 0 Å². The Morgan fingerprint density at radius 3 is 2.62 bits per heavy atom. The van der Waals surface area contributed by atoms with E-state index in [9.17, 15) is 13.6 Å². The minimum atomic E-state index is -2.92. The molecule has 0 atom stereocenters. The summed E-state index contributed by atoms with van der Waals surface area (Å²) in [7, 11) is 1.39. The Morgan fingerprint density at radius 2 is 2.04 bits per heavy atom. The van der Waals surface area contributed by atoms with E-state index >= 15 is 0 Å². The molecule has 0 bridgehead atoms. The third-order valence-corrected chi connectivity index (χ3v) is 4.20. The number of hydrogen-bond donors (Lipinski definition) is 0. The number of pyridine rings is 1. The number of ether oxygens (including phenoxy) is 2. The monoisotopic (exact) mass is 362 g/mol. The number of hydrogen-bond acceptors (Lipinski definition) is 4. The fourth-order valence-corrected chi connectivity index (χ4v) is 2.71. The van der Waals surface area contributed by atoms with Crippen LogP contribution in [0.25, 0.3) is 0 Å². The Morgan fingerprint density at radius 1 is 1.27 bits per heavy atom. The normalized spacial score (nSPS) is 13.6. The number of alkyl halides is 2. The van der Waals surface area contributed by atoms with E-state index in [0.717, 1.165) is 24.1 Å². The maximum atomic E-state index is 12.8. The van der Waals surface area contributed by atoms with Crippen LogP contribution >= 0.6 is 0 Å². The first-order chi connectivity index (χ1) is 12.5. The Kier molecular flexibility index (Phi) is 5.35. The van der Waals surface area contributed by atoms with Crippen LogP contribution in [-0.2, 0) is 6.54 Å². The molecule has 1 aliphatic rings. The van der Waals surface area contributed by atoms with Crippen LogP contribution in [0.5, 0.6) is 11.5 Å². The van der Waals surface area contributed by atoms with Crippen molar-refractivity contribution < 1.29 is 23.0 Å². The number of amides is 1. The van der Waals surface area contributed by atoms with Crippen LogP contribution in [0.2, 0.25) is 0 Å². The van der Waals surface area contributed by atoms with Gasteiger partial charge < -0.3 is 14.4 Å². The van der Waals surface area contributed by atoms with E-state index in [-0.39, 0.29) is 23.4 Å². The van der Waals surface area contributed by atoms with Gasteiger partial charge in [0.05, 0.1) is 12.7 Å². The highest BCUT2D eigenvalue weighted by Gasteiger charge is 2.33. The number of halogens is 2. The predicted octanol–water partition coefficient (Wildman–Crippen LogP) is 3.80. The van der Waals surface area contributed by atoms with E-state index in [0.29, 0.717) is 12.1 Å². The molecule has 5 nitrogen and oxygen atoms in total. The van der Waals surface area contributed by atoms with Crippen molar-refractivity contribution in [3.63, 3.8) is 0 Å². The molecule has 0 saturated heterocycles. The third-order valence-electron chi connectivity index (χ3n) is 4.20. The van der Waals surface area contributed by atoms with Gasteiger partial charge >= 0.3 is 6.61 Å². The minimum Gasteiger partial charge on any atom is -0.493 e. The number of aryl methyl sites for hydroxylation is 1. The van der Waals surface area contributed by atoms with Gasteiger partial charge in [-0.1, -0.05) is 6.07 Å². The Bertz CT molecular complexity index is 777. The number of methoxy groups -OCH3 is 1. The maximum absolute atomic E-state index is 12.8. The highest BCUT2D eigenvalue weighted by Crippen LogP contribution is 2.33. The van der Waals surface area contributed by atoms with Crippen LogP contribution in [-0.4, -0.2) is 35.6 Å². The number of carbonyl (C=O) groups excluding carboxylic acids is 1. The third kappa shape index (κ3) is 4.28. The molecule has 0 N–H and O–H groups in total. The van der Waals surface area contributed by atoms with E-state index < -0.39 is 6.61 Å². The van der Waals surface area contributed by atoms with Gasteiger partial charge in [-0.3, -0.25) is 9.78 Å². The Balaban J connectivity index is 1.80. The summed E-state index contributed by atoms with van der Waals surface area (Å²) in [5.74, 6) is 0.0909. The van der Waals surface area contributed by atoms with Gasteiger partial charge in [-0.25, -0.2) is 0 Å². The summed E-state index contributed by atoms with van der Waals surface area (Å²) in [6.45, 7) is -0.696. The molecule has 1 heterocycles. The summed E-state index contributed by atoms with van der Waals surface area (Å²) in [5.41, 5.74) is 2.16. The first kappa shape index (κ1) is 18.1. The van der Waals surface area contributed by atoms with E-state index in [1.807, 2.05) is 6.92 Å². The van der Waals surface area contributed by atoms with Crippen molar-refractivity contribution in [1.82, 2.24) is 9.88 Å². The fraction of sp³-hybridized carbons (Fsp3) is 0.368. The molecular weight excluding hydrogens is 342 g/mol. The SMILES string of the molecule is COc1cc(CN(C(=O)c2ccc(C)nc2)C2CC2)ccc1OC(F)F. The highest BCUT2D eigenvalue weighted by atomic mass is 19.3. The molecule has 1 saturated carbocycles. The van der Waals surface area contributed by atoms with Crippen molar-refractivity contribution in [3.8, 4) is 11.5 Å². The fourth-order valence-electron chi connectivity index (χ4n) is 2.71. The zero-order chi connectivity index (χ0) is 18.7. The van der Waals surface area contributed by atoms with Crippen LogP contribution in [0.3, 0.4) is 0 Å². The largest absolute Gasteiger partial charge is 0.493 e. The maximum Gasteiger partial charge on any atom is 0.387 e. The molecule has 0 radical (unpaired) electrons. The van der Waals surface area contributed by atoms with E-state index in [4.69, 9.17) is 4.74 Å². The molecule has 0 aliphatic heterocycles.